The van der Waals surface area contributed by atoms with Crippen molar-refractivity contribution in [2.24, 2.45) is 5.92 Å². The van der Waals surface area contributed by atoms with Crippen molar-refractivity contribution in [3.63, 3.8) is 0 Å². The van der Waals surface area contributed by atoms with E-state index in [9.17, 15) is 0 Å². The van der Waals surface area contributed by atoms with E-state index in [1.807, 2.05) is 0 Å². The number of hydrogen-bond acceptors (Lipinski definition) is 1. The summed E-state index contributed by atoms with van der Waals surface area (Å²) < 4.78 is 5.27. The zero-order valence-electron chi connectivity index (χ0n) is 4.98. The van der Waals surface area contributed by atoms with Gasteiger partial charge in [-0.1, -0.05) is 6.92 Å². The first kappa shape index (κ1) is 5.10. The zero-order chi connectivity index (χ0) is 5.28. The first-order chi connectivity index (χ1) is 3.29. The molecule has 0 aliphatic carbocycles. The lowest BCUT2D eigenvalue weighted by Gasteiger charge is -1.94. The third-order valence-electron chi connectivity index (χ3n) is 1.40. The fourth-order valence-corrected chi connectivity index (χ4v) is 1.03. The fourth-order valence-electron chi connectivity index (χ4n) is 1.03. The lowest BCUT2D eigenvalue weighted by atomic mass is 10.1. The van der Waals surface area contributed by atoms with E-state index in [2.05, 4.69) is 13.8 Å². The van der Waals surface area contributed by atoms with Crippen molar-refractivity contribution in [3.8, 4) is 0 Å². The first-order valence-corrected chi connectivity index (χ1v) is 2.90. The summed E-state index contributed by atoms with van der Waals surface area (Å²) >= 11 is 0. The molecule has 1 aliphatic heterocycles. The van der Waals surface area contributed by atoms with Crippen LogP contribution in [-0.2, 0) is 4.74 Å². The van der Waals surface area contributed by atoms with Gasteiger partial charge in [-0.2, -0.15) is 0 Å². The smallest absolute Gasteiger partial charge is 0.0550 e. The van der Waals surface area contributed by atoms with Crippen molar-refractivity contribution in [2.75, 3.05) is 6.61 Å². The van der Waals surface area contributed by atoms with Gasteiger partial charge in [0, 0.05) is 6.61 Å². The highest BCUT2D eigenvalue weighted by molar-refractivity contribution is 4.64. The van der Waals surface area contributed by atoms with E-state index < -0.39 is 0 Å². The molecule has 1 saturated heterocycles. The van der Waals surface area contributed by atoms with E-state index in [0.717, 1.165) is 12.5 Å². The van der Waals surface area contributed by atoms with Crippen LogP contribution in [0.2, 0.25) is 0 Å². The molecule has 0 radical (unpaired) electrons. The van der Waals surface area contributed by atoms with Crippen LogP contribution in [0, 0.1) is 5.92 Å². The molecule has 42 valence electrons. The Balaban J connectivity index is 2.26. The van der Waals surface area contributed by atoms with Crippen LogP contribution in [0.15, 0.2) is 0 Å². The Morgan fingerprint density at radius 2 is 2.14 bits per heavy atom. The average molecular weight is 100 g/mol. The van der Waals surface area contributed by atoms with Crippen LogP contribution in [0.1, 0.15) is 20.3 Å². The molecule has 0 amide bonds. The molecule has 1 heteroatoms. The Kier molecular flexibility index (Phi) is 1.33. The Labute approximate surface area is 44.7 Å². The van der Waals surface area contributed by atoms with E-state index in [1.54, 1.807) is 0 Å². The molecule has 1 rings (SSSR count). The minimum absolute atomic E-state index is 0.523. The van der Waals surface area contributed by atoms with Gasteiger partial charge in [0.15, 0.2) is 0 Å². The standard InChI is InChI=1S/C6H12O/c1-5-3-6(2)7-4-5/h5-6H,3-4H2,1-2H3/t5-,6+/m0/s1. The van der Waals surface area contributed by atoms with Gasteiger partial charge in [-0.25, -0.2) is 0 Å². The van der Waals surface area contributed by atoms with Crippen molar-refractivity contribution in [2.45, 2.75) is 26.4 Å². The van der Waals surface area contributed by atoms with Gasteiger partial charge < -0.3 is 4.74 Å². The maximum absolute atomic E-state index is 5.27. The Morgan fingerprint density at radius 3 is 2.29 bits per heavy atom. The van der Waals surface area contributed by atoms with Crippen LogP contribution in [0.5, 0.6) is 0 Å². The molecule has 0 N–H and O–H groups in total. The highest BCUT2D eigenvalue weighted by atomic mass is 16.5. The second kappa shape index (κ2) is 1.83. The van der Waals surface area contributed by atoms with E-state index in [4.69, 9.17) is 4.74 Å². The van der Waals surface area contributed by atoms with Gasteiger partial charge in [-0.15, -0.1) is 0 Å². The minimum Gasteiger partial charge on any atom is -0.378 e. The second-order valence-electron chi connectivity index (χ2n) is 2.48. The molecule has 0 aromatic heterocycles. The predicted octanol–water partition coefficient (Wildman–Crippen LogP) is 1.43. The third-order valence-corrected chi connectivity index (χ3v) is 1.40. The minimum atomic E-state index is 0.523. The van der Waals surface area contributed by atoms with E-state index in [-0.39, 0.29) is 0 Å². The Bertz CT molecular complexity index is 53.2. The van der Waals surface area contributed by atoms with Crippen molar-refractivity contribution < 1.29 is 4.74 Å². The van der Waals surface area contributed by atoms with E-state index >= 15 is 0 Å². The van der Waals surface area contributed by atoms with Crippen LogP contribution < -0.4 is 0 Å². The number of hydrogen-bond donors (Lipinski definition) is 0. The SMILES string of the molecule is C[C@@H]1CO[C@H](C)C1. The second-order valence-corrected chi connectivity index (χ2v) is 2.48. The van der Waals surface area contributed by atoms with Crippen LogP contribution in [-0.4, -0.2) is 12.7 Å². The predicted molar refractivity (Wildman–Crippen MR) is 29.2 cm³/mol. The van der Waals surface area contributed by atoms with Gasteiger partial charge >= 0.3 is 0 Å². The van der Waals surface area contributed by atoms with Crippen molar-refractivity contribution in [3.05, 3.63) is 0 Å². The topological polar surface area (TPSA) is 9.23 Å². The lowest BCUT2D eigenvalue weighted by Crippen LogP contribution is -1.94. The summed E-state index contributed by atoms with van der Waals surface area (Å²) in [4.78, 5) is 0. The van der Waals surface area contributed by atoms with Crippen molar-refractivity contribution in [1.82, 2.24) is 0 Å². The van der Waals surface area contributed by atoms with Gasteiger partial charge in [0.25, 0.3) is 0 Å². The van der Waals surface area contributed by atoms with E-state index in [1.165, 1.54) is 6.42 Å². The molecule has 0 unspecified atom stereocenters. The quantitative estimate of drug-likeness (QED) is 0.447. The molecule has 0 aromatic carbocycles. The Hall–Kier alpha value is -0.0400. The molecule has 0 bridgehead atoms. The maximum atomic E-state index is 5.27. The van der Waals surface area contributed by atoms with Crippen LogP contribution in [0.3, 0.4) is 0 Å². The van der Waals surface area contributed by atoms with Crippen molar-refractivity contribution >= 4 is 0 Å². The molecule has 0 saturated carbocycles. The van der Waals surface area contributed by atoms with Crippen molar-refractivity contribution in [1.29, 1.82) is 0 Å². The number of rotatable bonds is 0. The maximum Gasteiger partial charge on any atom is 0.0550 e. The monoisotopic (exact) mass is 100 g/mol. The van der Waals surface area contributed by atoms with Gasteiger partial charge in [0.05, 0.1) is 6.10 Å². The molecule has 1 nitrogen and oxygen atoms in total. The Morgan fingerprint density at radius 1 is 1.43 bits per heavy atom. The summed E-state index contributed by atoms with van der Waals surface area (Å²) in [5.74, 6) is 0.801. The van der Waals surface area contributed by atoms with Gasteiger partial charge in [-0.05, 0) is 19.3 Å². The average Bonchev–Trinajstić information content (AvgIpc) is 1.87. The summed E-state index contributed by atoms with van der Waals surface area (Å²) in [6.45, 7) is 5.33. The zero-order valence-corrected chi connectivity index (χ0v) is 4.98. The third kappa shape index (κ3) is 1.16. The molecule has 2 atom stereocenters. The van der Waals surface area contributed by atoms with Gasteiger partial charge in [-0.3, -0.25) is 0 Å². The van der Waals surface area contributed by atoms with Crippen LogP contribution in [0.4, 0.5) is 0 Å². The molecule has 0 spiro atoms. The number of ether oxygens (including phenoxy) is 1. The molecule has 0 aromatic rings. The molecule has 1 aliphatic rings. The molecule has 7 heavy (non-hydrogen) atoms. The van der Waals surface area contributed by atoms with Gasteiger partial charge in [0.1, 0.15) is 0 Å². The fraction of sp³-hybridized carbons (Fsp3) is 1.00. The summed E-state index contributed by atoms with van der Waals surface area (Å²) in [6.07, 6.45) is 1.77. The van der Waals surface area contributed by atoms with Crippen LogP contribution >= 0.6 is 0 Å². The molecule has 1 heterocycles. The summed E-state index contributed by atoms with van der Waals surface area (Å²) in [6, 6.07) is 0. The lowest BCUT2D eigenvalue weighted by molar-refractivity contribution is 0.121. The molecular weight excluding hydrogens is 88.1 g/mol. The normalized spacial score (nSPS) is 42.0. The summed E-state index contributed by atoms with van der Waals surface area (Å²) in [5.41, 5.74) is 0. The van der Waals surface area contributed by atoms with Crippen LogP contribution in [0.25, 0.3) is 0 Å². The highest BCUT2D eigenvalue weighted by Gasteiger charge is 2.16. The van der Waals surface area contributed by atoms with Gasteiger partial charge in [0.2, 0.25) is 0 Å². The molecular formula is C6H12O. The molecule has 1 fully saturated rings. The summed E-state index contributed by atoms with van der Waals surface area (Å²) in [7, 11) is 0. The summed E-state index contributed by atoms with van der Waals surface area (Å²) in [5, 5.41) is 0. The highest BCUT2D eigenvalue weighted by Crippen LogP contribution is 2.16. The first-order valence-electron chi connectivity index (χ1n) is 2.90. The van der Waals surface area contributed by atoms with E-state index in [0.29, 0.717) is 6.10 Å². The largest absolute Gasteiger partial charge is 0.378 e.